The Morgan fingerprint density at radius 3 is 2.83 bits per heavy atom. The fraction of sp³-hybridized carbons (Fsp3) is 0.348. The second kappa shape index (κ2) is 7.79. The molecule has 5 rings (SSSR count). The summed E-state index contributed by atoms with van der Waals surface area (Å²) in [6.45, 7) is 3.08. The Balaban J connectivity index is 1.11. The number of H-pyrrole nitrogens is 1. The Labute approximate surface area is 169 Å². The summed E-state index contributed by atoms with van der Waals surface area (Å²) in [5.74, 6) is 2.02. The molecule has 0 radical (unpaired) electrons. The van der Waals surface area contributed by atoms with E-state index in [1.165, 1.54) is 16.5 Å². The zero-order valence-electron chi connectivity index (χ0n) is 16.3. The minimum atomic E-state index is 0.0302. The lowest BCUT2D eigenvalue weighted by Gasteiger charge is -2.31. The number of para-hydroxylation sites is 1. The molecule has 0 aliphatic carbocycles. The molecule has 29 heavy (non-hydrogen) atoms. The van der Waals surface area contributed by atoms with Crippen molar-refractivity contribution in [2.24, 2.45) is 0 Å². The Morgan fingerprint density at radius 2 is 1.93 bits per heavy atom. The van der Waals surface area contributed by atoms with Crippen molar-refractivity contribution < 1.29 is 14.3 Å². The van der Waals surface area contributed by atoms with E-state index in [1.54, 1.807) is 0 Å². The highest BCUT2D eigenvalue weighted by Gasteiger charge is 2.23. The van der Waals surface area contributed by atoms with Crippen LogP contribution < -0.4 is 14.8 Å². The maximum Gasteiger partial charge on any atom is 0.231 e. The topological polar surface area (TPSA) is 66.6 Å². The van der Waals surface area contributed by atoms with Crippen LogP contribution in [0.15, 0.2) is 48.7 Å². The summed E-state index contributed by atoms with van der Waals surface area (Å²) in [7, 11) is 0. The number of amides is 1. The van der Waals surface area contributed by atoms with Gasteiger partial charge in [0.15, 0.2) is 11.5 Å². The van der Waals surface area contributed by atoms with Gasteiger partial charge in [-0.1, -0.05) is 18.2 Å². The van der Waals surface area contributed by atoms with Crippen molar-refractivity contribution in [2.45, 2.75) is 25.2 Å². The van der Waals surface area contributed by atoms with Crippen molar-refractivity contribution in [1.29, 1.82) is 0 Å². The van der Waals surface area contributed by atoms with Crippen LogP contribution in [0.4, 0.5) is 5.69 Å². The van der Waals surface area contributed by atoms with E-state index in [4.69, 9.17) is 9.47 Å². The number of carbonyl (C=O) groups is 1. The molecule has 0 unspecified atom stereocenters. The minimum Gasteiger partial charge on any atom is -0.454 e. The Morgan fingerprint density at radius 1 is 1.10 bits per heavy atom. The molecular formula is C23H25N3O3. The molecule has 1 fully saturated rings. The molecule has 150 valence electrons. The number of nitrogens with zero attached hydrogens (tertiary/aromatic N) is 1. The van der Waals surface area contributed by atoms with Crippen LogP contribution >= 0.6 is 0 Å². The number of aromatic nitrogens is 1. The summed E-state index contributed by atoms with van der Waals surface area (Å²) in [6, 6.07) is 14.0. The largest absolute Gasteiger partial charge is 0.454 e. The van der Waals surface area contributed by atoms with Crippen LogP contribution in [-0.2, 0) is 4.79 Å². The van der Waals surface area contributed by atoms with E-state index in [1.807, 2.05) is 18.2 Å². The smallest absolute Gasteiger partial charge is 0.231 e. The molecule has 3 heterocycles. The van der Waals surface area contributed by atoms with Crippen LogP contribution in [-0.4, -0.2) is 42.2 Å². The van der Waals surface area contributed by atoms with Gasteiger partial charge in [0.1, 0.15) is 0 Å². The predicted molar refractivity (Wildman–Crippen MR) is 113 cm³/mol. The number of rotatable bonds is 5. The maximum absolute atomic E-state index is 12.3. The normalized spacial score (nSPS) is 17.0. The van der Waals surface area contributed by atoms with Crippen molar-refractivity contribution in [2.75, 3.05) is 31.7 Å². The number of hydrogen-bond donors (Lipinski definition) is 2. The number of fused-ring (bicyclic) bond motifs is 2. The van der Waals surface area contributed by atoms with Gasteiger partial charge in [-0.15, -0.1) is 0 Å². The molecule has 2 aromatic carbocycles. The van der Waals surface area contributed by atoms with Crippen LogP contribution in [0, 0.1) is 0 Å². The van der Waals surface area contributed by atoms with Gasteiger partial charge >= 0.3 is 0 Å². The monoisotopic (exact) mass is 391 g/mol. The number of nitrogens with one attached hydrogen (secondary N) is 2. The van der Waals surface area contributed by atoms with Crippen molar-refractivity contribution in [3.05, 3.63) is 54.2 Å². The number of aromatic amines is 1. The van der Waals surface area contributed by atoms with E-state index in [-0.39, 0.29) is 12.7 Å². The quantitative estimate of drug-likeness (QED) is 0.687. The minimum absolute atomic E-state index is 0.0302. The summed E-state index contributed by atoms with van der Waals surface area (Å²) in [5.41, 5.74) is 3.39. The van der Waals surface area contributed by atoms with Gasteiger partial charge in [-0.2, -0.15) is 0 Å². The third-order valence-electron chi connectivity index (χ3n) is 5.96. The van der Waals surface area contributed by atoms with Gasteiger partial charge in [-0.25, -0.2) is 0 Å². The van der Waals surface area contributed by atoms with Crippen LogP contribution in [0.3, 0.4) is 0 Å². The lowest BCUT2D eigenvalue weighted by molar-refractivity contribution is -0.116. The van der Waals surface area contributed by atoms with Gasteiger partial charge in [0.05, 0.1) is 0 Å². The first-order chi connectivity index (χ1) is 14.3. The second-order valence-corrected chi connectivity index (χ2v) is 7.77. The first-order valence-corrected chi connectivity index (χ1v) is 10.2. The highest BCUT2D eigenvalue weighted by molar-refractivity contribution is 5.91. The van der Waals surface area contributed by atoms with Gasteiger partial charge in [0.2, 0.25) is 12.7 Å². The van der Waals surface area contributed by atoms with E-state index >= 15 is 0 Å². The number of piperidine rings is 1. The highest BCUT2D eigenvalue weighted by Crippen LogP contribution is 2.35. The van der Waals surface area contributed by atoms with Crippen molar-refractivity contribution in [1.82, 2.24) is 9.88 Å². The number of anilines is 1. The summed E-state index contributed by atoms with van der Waals surface area (Å²) in [6.07, 6.45) is 4.92. The molecule has 2 aliphatic heterocycles. The molecular weight excluding hydrogens is 366 g/mol. The molecule has 6 heteroatoms. The zero-order chi connectivity index (χ0) is 19.6. The first-order valence-electron chi connectivity index (χ1n) is 10.2. The fourth-order valence-corrected chi connectivity index (χ4v) is 4.36. The van der Waals surface area contributed by atoms with Crippen LogP contribution in [0.1, 0.15) is 30.7 Å². The van der Waals surface area contributed by atoms with Crippen molar-refractivity contribution in [3.8, 4) is 11.5 Å². The molecule has 0 bridgehead atoms. The van der Waals surface area contributed by atoms with Crippen molar-refractivity contribution >= 4 is 22.5 Å². The average Bonchev–Trinajstić information content (AvgIpc) is 3.39. The van der Waals surface area contributed by atoms with E-state index in [2.05, 4.69) is 45.7 Å². The average molecular weight is 391 g/mol. The third kappa shape index (κ3) is 3.80. The van der Waals surface area contributed by atoms with Crippen LogP contribution in [0.2, 0.25) is 0 Å². The third-order valence-corrected chi connectivity index (χ3v) is 5.96. The lowest BCUT2D eigenvalue weighted by atomic mass is 9.89. The standard InChI is InChI=1S/C23H25N3O3/c27-23(25-17-5-6-21-22(13-17)29-15-28-21)9-12-26-10-7-16(8-11-26)19-14-24-20-4-2-1-3-18(19)20/h1-6,13-14,16,24H,7-12,15H2,(H,25,27). The van der Waals surface area contributed by atoms with Gasteiger partial charge in [0.25, 0.3) is 0 Å². The van der Waals surface area contributed by atoms with Gasteiger partial charge in [-0.05, 0) is 55.6 Å². The van der Waals surface area contributed by atoms with Crippen LogP contribution in [0.25, 0.3) is 10.9 Å². The predicted octanol–water partition coefficient (Wildman–Crippen LogP) is 4.10. The Hall–Kier alpha value is -2.99. The molecule has 0 atom stereocenters. The number of benzene rings is 2. The number of carbonyl (C=O) groups excluding carboxylic acids is 1. The van der Waals surface area contributed by atoms with Crippen molar-refractivity contribution in [3.63, 3.8) is 0 Å². The van der Waals surface area contributed by atoms with Gasteiger partial charge < -0.3 is 24.7 Å². The van der Waals surface area contributed by atoms with E-state index in [0.29, 0.717) is 18.1 Å². The Bertz CT molecular complexity index is 1020. The van der Waals surface area contributed by atoms with E-state index < -0.39 is 0 Å². The highest BCUT2D eigenvalue weighted by atomic mass is 16.7. The molecule has 2 aliphatic rings. The summed E-state index contributed by atoms with van der Waals surface area (Å²) in [5, 5.41) is 4.30. The molecule has 1 saturated heterocycles. The molecule has 1 aromatic heterocycles. The van der Waals surface area contributed by atoms with Gasteiger partial charge in [-0.3, -0.25) is 4.79 Å². The molecule has 1 amide bonds. The summed E-state index contributed by atoms with van der Waals surface area (Å²) in [4.78, 5) is 18.1. The fourth-order valence-electron chi connectivity index (χ4n) is 4.36. The van der Waals surface area contributed by atoms with Gasteiger partial charge in [0, 0.05) is 41.8 Å². The first kappa shape index (κ1) is 18.1. The molecule has 0 spiro atoms. The number of likely N-dealkylation sites (tertiary alicyclic amines) is 1. The van der Waals surface area contributed by atoms with E-state index in [9.17, 15) is 4.79 Å². The Kier molecular flexibility index (Phi) is 4.86. The summed E-state index contributed by atoms with van der Waals surface area (Å²) < 4.78 is 10.7. The lowest BCUT2D eigenvalue weighted by Crippen LogP contribution is -2.35. The SMILES string of the molecule is O=C(CCN1CCC(c2c[nH]c3ccccc23)CC1)Nc1ccc2c(c1)OCO2. The number of ether oxygens (including phenoxy) is 2. The molecule has 3 aromatic rings. The van der Waals surface area contributed by atoms with E-state index in [0.717, 1.165) is 43.9 Å². The second-order valence-electron chi connectivity index (χ2n) is 7.77. The van der Waals surface area contributed by atoms with Crippen LogP contribution in [0.5, 0.6) is 11.5 Å². The summed E-state index contributed by atoms with van der Waals surface area (Å²) >= 11 is 0. The zero-order valence-corrected chi connectivity index (χ0v) is 16.3. The number of hydrogen-bond acceptors (Lipinski definition) is 4. The molecule has 2 N–H and O–H groups in total. The maximum atomic E-state index is 12.3. The molecule has 6 nitrogen and oxygen atoms in total. The molecule has 0 saturated carbocycles.